The zero-order valence-electron chi connectivity index (χ0n) is 10.6. The van der Waals surface area contributed by atoms with Crippen LogP contribution in [0.4, 0.5) is 10.3 Å². The number of halogens is 2. The van der Waals surface area contributed by atoms with Crippen LogP contribution in [0.3, 0.4) is 0 Å². The van der Waals surface area contributed by atoms with Gasteiger partial charge in [-0.15, -0.1) is 0 Å². The topological polar surface area (TPSA) is 53.1 Å². The van der Waals surface area contributed by atoms with Gasteiger partial charge in [0.1, 0.15) is 5.82 Å². The van der Waals surface area contributed by atoms with Crippen molar-refractivity contribution >= 4 is 32.9 Å². The third kappa shape index (κ3) is 2.23. The molecule has 2 unspecified atom stereocenters. The SMILES string of the molecule is CC1OCCC1Cn1c(N)nc2cc(F)c(Br)cc21. The van der Waals surface area contributed by atoms with Gasteiger partial charge < -0.3 is 15.0 Å². The van der Waals surface area contributed by atoms with Gasteiger partial charge in [-0.25, -0.2) is 9.37 Å². The minimum atomic E-state index is -0.324. The zero-order valence-corrected chi connectivity index (χ0v) is 12.2. The molecular formula is C13H15BrFN3O. The number of aromatic nitrogens is 2. The van der Waals surface area contributed by atoms with Gasteiger partial charge in [0.15, 0.2) is 0 Å². The van der Waals surface area contributed by atoms with Crippen molar-refractivity contribution in [2.75, 3.05) is 12.3 Å². The molecule has 6 heteroatoms. The molecular weight excluding hydrogens is 313 g/mol. The molecule has 4 nitrogen and oxygen atoms in total. The molecule has 0 aliphatic carbocycles. The average Bonchev–Trinajstić information content (AvgIpc) is 2.88. The van der Waals surface area contributed by atoms with E-state index in [-0.39, 0.29) is 11.9 Å². The van der Waals surface area contributed by atoms with Gasteiger partial charge >= 0.3 is 0 Å². The van der Waals surface area contributed by atoms with Crippen LogP contribution in [0.15, 0.2) is 16.6 Å². The van der Waals surface area contributed by atoms with Crippen LogP contribution in [0.5, 0.6) is 0 Å². The predicted molar refractivity (Wildman–Crippen MR) is 75.3 cm³/mol. The molecule has 1 fully saturated rings. The number of anilines is 1. The molecule has 0 radical (unpaired) electrons. The first-order valence-corrected chi connectivity index (χ1v) is 7.08. The number of nitrogen functional groups attached to an aromatic ring is 1. The van der Waals surface area contributed by atoms with Crippen LogP contribution in [0.25, 0.3) is 11.0 Å². The molecule has 3 rings (SSSR count). The van der Waals surface area contributed by atoms with Gasteiger partial charge in [-0.2, -0.15) is 0 Å². The van der Waals surface area contributed by atoms with Gasteiger partial charge in [0, 0.05) is 25.1 Å². The van der Waals surface area contributed by atoms with E-state index in [9.17, 15) is 4.39 Å². The van der Waals surface area contributed by atoms with E-state index in [4.69, 9.17) is 10.5 Å². The first kappa shape index (κ1) is 12.9. The standard InChI is InChI=1S/C13H15BrFN3O/c1-7-8(2-3-19-7)6-18-12-4-9(14)10(15)5-11(12)17-13(18)16/h4-5,7-8H,2-3,6H2,1H3,(H2,16,17). The Morgan fingerprint density at radius 3 is 3.05 bits per heavy atom. The van der Waals surface area contributed by atoms with Crippen LogP contribution in [-0.2, 0) is 11.3 Å². The number of hydrogen-bond acceptors (Lipinski definition) is 3. The zero-order chi connectivity index (χ0) is 13.6. The molecule has 0 saturated carbocycles. The lowest BCUT2D eigenvalue weighted by atomic mass is 10.0. The monoisotopic (exact) mass is 327 g/mol. The largest absolute Gasteiger partial charge is 0.378 e. The third-order valence-electron chi connectivity index (χ3n) is 3.77. The van der Waals surface area contributed by atoms with Crippen molar-refractivity contribution in [1.29, 1.82) is 0 Å². The molecule has 2 aromatic rings. The van der Waals surface area contributed by atoms with Crippen molar-refractivity contribution in [1.82, 2.24) is 9.55 Å². The maximum Gasteiger partial charge on any atom is 0.201 e. The number of ether oxygens (including phenoxy) is 1. The van der Waals surface area contributed by atoms with Crippen molar-refractivity contribution in [2.45, 2.75) is 26.0 Å². The Bertz CT molecular complexity index is 628. The quantitative estimate of drug-likeness (QED) is 0.922. The van der Waals surface area contributed by atoms with E-state index >= 15 is 0 Å². The van der Waals surface area contributed by atoms with Crippen molar-refractivity contribution in [3.63, 3.8) is 0 Å². The van der Waals surface area contributed by atoms with Crippen molar-refractivity contribution in [3.05, 3.63) is 22.4 Å². The summed E-state index contributed by atoms with van der Waals surface area (Å²) in [5.41, 5.74) is 7.39. The van der Waals surface area contributed by atoms with Crippen LogP contribution < -0.4 is 5.73 Å². The lowest BCUT2D eigenvalue weighted by Crippen LogP contribution is -2.19. The Morgan fingerprint density at radius 2 is 2.37 bits per heavy atom. The molecule has 0 bridgehead atoms. The molecule has 102 valence electrons. The van der Waals surface area contributed by atoms with Crippen LogP contribution in [-0.4, -0.2) is 22.3 Å². The van der Waals surface area contributed by atoms with Crippen LogP contribution >= 0.6 is 15.9 Å². The second kappa shape index (κ2) is 4.76. The summed E-state index contributed by atoms with van der Waals surface area (Å²) in [7, 11) is 0. The fourth-order valence-corrected chi connectivity index (χ4v) is 2.91. The molecule has 1 aromatic heterocycles. The first-order chi connectivity index (χ1) is 9.06. The highest BCUT2D eigenvalue weighted by Crippen LogP contribution is 2.29. The number of nitrogens with two attached hydrogens (primary N) is 1. The summed E-state index contributed by atoms with van der Waals surface area (Å²) in [5.74, 6) is 0.518. The number of fused-ring (bicyclic) bond motifs is 1. The second-order valence-electron chi connectivity index (χ2n) is 4.96. The highest BCUT2D eigenvalue weighted by molar-refractivity contribution is 9.10. The van der Waals surface area contributed by atoms with Crippen LogP contribution in [0.1, 0.15) is 13.3 Å². The molecule has 2 N–H and O–H groups in total. The Hall–Kier alpha value is -1.14. The lowest BCUT2D eigenvalue weighted by Gasteiger charge is -2.16. The van der Waals surface area contributed by atoms with E-state index in [1.807, 2.05) is 4.57 Å². The van der Waals surface area contributed by atoms with E-state index in [0.29, 0.717) is 21.9 Å². The van der Waals surface area contributed by atoms with Gasteiger partial charge in [-0.1, -0.05) is 0 Å². The Kier molecular flexibility index (Phi) is 3.22. The van der Waals surface area contributed by atoms with Crippen molar-refractivity contribution in [3.8, 4) is 0 Å². The second-order valence-corrected chi connectivity index (χ2v) is 5.81. The molecule has 1 aromatic carbocycles. The van der Waals surface area contributed by atoms with E-state index in [0.717, 1.165) is 25.1 Å². The Balaban J connectivity index is 2.02. The molecule has 19 heavy (non-hydrogen) atoms. The van der Waals surface area contributed by atoms with Gasteiger partial charge in [0.2, 0.25) is 5.95 Å². The predicted octanol–water partition coefficient (Wildman–Crippen LogP) is 2.95. The highest BCUT2D eigenvalue weighted by Gasteiger charge is 2.26. The maximum atomic E-state index is 13.5. The molecule has 2 atom stereocenters. The summed E-state index contributed by atoms with van der Waals surface area (Å²) >= 11 is 3.20. The summed E-state index contributed by atoms with van der Waals surface area (Å²) in [6.07, 6.45) is 1.24. The fourth-order valence-electron chi connectivity index (χ4n) is 2.58. The van der Waals surface area contributed by atoms with Crippen molar-refractivity contribution < 1.29 is 9.13 Å². The number of hydrogen-bond donors (Lipinski definition) is 1. The van der Waals surface area contributed by atoms with Crippen LogP contribution in [0.2, 0.25) is 0 Å². The molecule has 1 aliphatic heterocycles. The number of imidazole rings is 1. The number of rotatable bonds is 2. The molecule has 1 saturated heterocycles. The van der Waals surface area contributed by atoms with E-state index < -0.39 is 0 Å². The van der Waals surface area contributed by atoms with Crippen LogP contribution in [0, 0.1) is 11.7 Å². The summed E-state index contributed by atoms with van der Waals surface area (Å²) < 4.78 is 21.4. The highest BCUT2D eigenvalue weighted by atomic mass is 79.9. The van der Waals surface area contributed by atoms with Crippen molar-refractivity contribution in [2.24, 2.45) is 5.92 Å². The number of nitrogens with zero attached hydrogens (tertiary/aromatic N) is 2. The average molecular weight is 328 g/mol. The Labute approximate surface area is 118 Å². The molecule has 0 spiro atoms. The summed E-state index contributed by atoms with van der Waals surface area (Å²) in [4.78, 5) is 4.22. The van der Waals surface area contributed by atoms with Gasteiger partial charge in [0.25, 0.3) is 0 Å². The van der Waals surface area contributed by atoms with Gasteiger partial charge in [-0.3, -0.25) is 0 Å². The molecule has 2 heterocycles. The summed E-state index contributed by atoms with van der Waals surface area (Å²) in [6.45, 7) is 3.61. The molecule has 1 aliphatic rings. The van der Waals surface area contributed by atoms with Gasteiger partial charge in [0.05, 0.1) is 21.6 Å². The van der Waals surface area contributed by atoms with Gasteiger partial charge in [-0.05, 0) is 35.3 Å². The normalized spacial score (nSPS) is 23.3. The summed E-state index contributed by atoms with van der Waals surface area (Å²) in [6, 6.07) is 3.13. The fraction of sp³-hybridized carbons (Fsp3) is 0.462. The Morgan fingerprint density at radius 1 is 1.58 bits per heavy atom. The number of benzene rings is 1. The minimum absolute atomic E-state index is 0.223. The maximum absolute atomic E-state index is 13.5. The smallest absolute Gasteiger partial charge is 0.201 e. The van der Waals surface area contributed by atoms with E-state index in [1.165, 1.54) is 6.07 Å². The third-order valence-corrected chi connectivity index (χ3v) is 4.38. The van der Waals surface area contributed by atoms with E-state index in [1.54, 1.807) is 6.07 Å². The van der Waals surface area contributed by atoms with E-state index in [2.05, 4.69) is 27.8 Å². The summed E-state index contributed by atoms with van der Waals surface area (Å²) in [5, 5.41) is 0. The first-order valence-electron chi connectivity index (χ1n) is 6.28. The lowest BCUT2D eigenvalue weighted by molar-refractivity contribution is 0.102. The minimum Gasteiger partial charge on any atom is -0.378 e. The molecule has 0 amide bonds.